The minimum Gasteiger partial charge on any atom is -0.481 e. The van der Waals surface area contributed by atoms with Crippen LogP contribution in [0.1, 0.15) is 16.7 Å². The first-order valence-corrected chi connectivity index (χ1v) is 11.9. The highest BCUT2D eigenvalue weighted by Crippen LogP contribution is 2.39. The van der Waals surface area contributed by atoms with Crippen LogP contribution in [0.15, 0.2) is 66.7 Å². The maximum Gasteiger partial charge on any atom is 0.307 e. The number of anilines is 3. The summed E-state index contributed by atoms with van der Waals surface area (Å²) in [5.74, 6) is -1.28. The number of hydrogen-bond donors (Lipinski definition) is 3. The summed E-state index contributed by atoms with van der Waals surface area (Å²) in [4.78, 5) is 40.2. The molecule has 0 unspecified atom stereocenters. The molecule has 37 heavy (non-hydrogen) atoms. The molecule has 8 nitrogen and oxygen atoms in total. The average molecular weight is 519 g/mol. The van der Waals surface area contributed by atoms with Gasteiger partial charge in [-0.05, 0) is 67.7 Å². The molecular formula is C28H27ClN4O4. The van der Waals surface area contributed by atoms with Crippen LogP contribution in [0.2, 0.25) is 5.02 Å². The van der Waals surface area contributed by atoms with Gasteiger partial charge in [-0.15, -0.1) is 0 Å². The highest BCUT2D eigenvalue weighted by atomic mass is 35.5. The number of carboxylic acid groups (broad SMARTS) is 1. The lowest BCUT2D eigenvalue weighted by Crippen LogP contribution is -2.34. The van der Waals surface area contributed by atoms with E-state index in [4.69, 9.17) is 11.6 Å². The van der Waals surface area contributed by atoms with E-state index in [0.717, 1.165) is 5.69 Å². The van der Waals surface area contributed by atoms with Gasteiger partial charge in [0.05, 0.1) is 29.9 Å². The maximum atomic E-state index is 13.1. The van der Waals surface area contributed by atoms with E-state index in [1.165, 1.54) is 0 Å². The van der Waals surface area contributed by atoms with Crippen LogP contribution >= 0.6 is 11.6 Å². The summed E-state index contributed by atoms with van der Waals surface area (Å²) < 4.78 is 0. The van der Waals surface area contributed by atoms with E-state index in [9.17, 15) is 19.5 Å². The number of rotatable bonds is 8. The third kappa shape index (κ3) is 5.99. The molecule has 1 heterocycles. The Morgan fingerprint density at radius 3 is 2.41 bits per heavy atom. The Bertz CT molecular complexity index is 1400. The molecule has 1 aliphatic heterocycles. The fourth-order valence-electron chi connectivity index (χ4n) is 4.12. The number of hydrogen-bond acceptors (Lipinski definition) is 5. The number of nitrogens with one attached hydrogen (secondary N) is 2. The van der Waals surface area contributed by atoms with Crippen LogP contribution in [0.25, 0.3) is 11.3 Å². The predicted molar refractivity (Wildman–Crippen MR) is 147 cm³/mol. The average Bonchev–Trinajstić information content (AvgIpc) is 3.16. The zero-order valence-electron chi connectivity index (χ0n) is 20.7. The van der Waals surface area contributed by atoms with Crippen molar-refractivity contribution in [1.29, 1.82) is 0 Å². The minimum absolute atomic E-state index is 0.0401. The van der Waals surface area contributed by atoms with Crippen molar-refractivity contribution >= 4 is 57.7 Å². The molecule has 0 fully saturated rings. The maximum absolute atomic E-state index is 13.1. The van der Waals surface area contributed by atoms with Crippen LogP contribution in [0, 0.1) is 0 Å². The minimum atomic E-state index is -0.943. The summed E-state index contributed by atoms with van der Waals surface area (Å²) in [6.45, 7) is 0.290. The van der Waals surface area contributed by atoms with E-state index in [2.05, 4.69) is 10.6 Å². The van der Waals surface area contributed by atoms with E-state index < -0.39 is 5.97 Å². The van der Waals surface area contributed by atoms with Gasteiger partial charge in [-0.25, -0.2) is 0 Å². The van der Waals surface area contributed by atoms with Gasteiger partial charge in [0.15, 0.2) is 0 Å². The lowest BCUT2D eigenvalue weighted by atomic mass is 9.98. The molecule has 0 atom stereocenters. The van der Waals surface area contributed by atoms with Gasteiger partial charge in [-0.2, -0.15) is 0 Å². The van der Waals surface area contributed by atoms with E-state index in [0.29, 0.717) is 44.4 Å². The Balaban J connectivity index is 1.75. The normalized spacial score (nSPS) is 13.7. The largest absolute Gasteiger partial charge is 0.481 e. The summed E-state index contributed by atoms with van der Waals surface area (Å²) in [6.07, 6.45) is -0.142. The number of fused-ring (bicyclic) bond motifs is 1. The highest BCUT2D eigenvalue weighted by molar-refractivity contribution is 6.38. The second kappa shape index (κ2) is 10.9. The van der Waals surface area contributed by atoms with E-state index in [-0.39, 0.29) is 24.8 Å². The Morgan fingerprint density at radius 1 is 1.00 bits per heavy atom. The van der Waals surface area contributed by atoms with Crippen LogP contribution in [0.3, 0.4) is 0 Å². The number of benzene rings is 3. The molecule has 0 radical (unpaired) electrons. The molecule has 0 aliphatic carbocycles. The van der Waals surface area contributed by atoms with Gasteiger partial charge in [0.1, 0.15) is 0 Å². The van der Waals surface area contributed by atoms with Gasteiger partial charge >= 0.3 is 5.97 Å². The summed E-state index contributed by atoms with van der Waals surface area (Å²) in [5, 5.41) is 16.0. The molecule has 9 heteroatoms. The molecule has 4 rings (SSSR count). The van der Waals surface area contributed by atoms with E-state index in [1.807, 2.05) is 49.3 Å². The summed E-state index contributed by atoms with van der Waals surface area (Å²) in [7, 11) is 5.40. The van der Waals surface area contributed by atoms with Crippen molar-refractivity contribution in [3.8, 4) is 0 Å². The van der Waals surface area contributed by atoms with E-state index >= 15 is 0 Å². The number of amides is 2. The first-order valence-electron chi connectivity index (χ1n) is 11.6. The summed E-state index contributed by atoms with van der Waals surface area (Å²) in [6, 6.07) is 19.6. The van der Waals surface area contributed by atoms with Crippen molar-refractivity contribution < 1.29 is 19.5 Å². The SMILES string of the molecule is CN(C)CC(=O)N(C)c1ccc(NC(=C2C(=O)Nc3cc(Cl)ccc32)c2cccc(CC(=O)O)c2)cc1. The number of likely N-dealkylation sites (N-methyl/N-ethyl adjacent to an activating group) is 2. The van der Waals surface area contributed by atoms with Gasteiger partial charge in [0, 0.05) is 29.0 Å². The lowest BCUT2D eigenvalue weighted by molar-refractivity contribution is -0.136. The molecule has 0 saturated heterocycles. The molecule has 0 bridgehead atoms. The predicted octanol–water partition coefficient (Wildman–Crippen LogP) is 4.42. The van der Waals surface area contributed by atoms with Gasteiger partial charge in [-0.3, -0.25) is 14.4 Å². The van der Waals surface area contributed by atoms with Gasteiger partial charge < -0.3 is 25.5 Å². The Kier molecular flexibility index (Phi) is 7.61. The Hall–Kier alpha value is -4.14. The summed E-state index contributed by atoms with van der Waals surface area (Å²) >= 11 is 6.14. The molecule has 3 aromatic rings. The van der Waals surface area contributed by atoms with Crippen LogP contribution in [-0.2, 0) is 20.8 Å². The van der Waals surface area contributed by atoms with Crippen molar-refractivity contribution in [3.05, 3.63) is 88.4 Å². The quantitative estimate of drug-likeness (QED) is 0.381. The molecule has 0 saturated carbocycles. The lowest BCUT2D eigenvalue weighted by Gasteiger charge is -2.20. The molecule has 1 aliphatic rings. The van der Waals surface area contributed by atoms with E-state index in [1.54, 1.807) is 48.3 Å². The van der Waals surface area contributed by atoms with Crippen molar-refractivity contribution in [1.82, 2.24) is 4.90 Å². The standard InChI is InChI=1S/C28H27ClN4O4/c1-32(2)16-24(34)33(3)21-10-8-20(9-11-21)30-27(18-6-4-5-17(13-18)14-25(35)36)26-22-12-7-19(29)15-23(22)31-28(26)37/h4-13,15,30H,14,16H2,1-3H3,(H,31,37)(H,35,36). The fourth-order valence-corrected chi connectivity index (χ4v) is 4.29. The number of carbonyl (C=O) groups is 3. The first-order chi connectivity index (χ1) is 17.6. The monoisotopic (exact) mass is 518 g/mol. The highest BCUT2D eigenvalue weighted by Gasteiger charge is 2.29. The third-order valence-corrected chi connectivity index (χ3v) is 6.13. The fraction of sp³-hybridized carbons (Fsp3) is 0.179. The van der Waals surface area contributed by atoms with Crippen LogP contribution in [0.4, 0.5) is 17.1 Å². The molecule has 0 aromatic heterocycles. The van der Waals surface area contributed by atoms with Gasteiger partial charge in [0.2, 0.25) is 5.91 Å². The number of carboxylic acids is 1. The van der Waals surface area contributed by atoms with Crippen molar-refractivity contribution in [2.75, 3.05) is 43.2 Å². The molecule has 0 spiro atoms. The number of nitrogens with zero attached hydrogens (tertiary/aromatic N) is 2. The van der Waals surface area contributed by atoms with Crippen molar-refractivity contribution in [2.45, 2.75) is 6.42 Å². The molecule has 3 aromatic carbocycles. The molecule has 2 amide bonds. The van der Waals surface area contributed by atoms with Crippen LogP contribution in [0.5, 0.6) is 0 Å². The van der Waals surface area contributed by atoms with Crippen molar-refractivity contribution in [3.63, 3.8) is 0 Å². The second-order valence-corrected chi connectivity index (χ2v) is 9.46. The zero-order valence-corrected chi connectivity index (χ0v) is 21.5. The molecular weight excluding hydrogens is 492 g/mol. The van der Waals surface area contributed by atoms with Gasteiger partial charge in [0.25, 0.3) is 5.91 Å². The second-order valence-electron chi connectivity index (χ2n) is 9.03. The van der Waals surface area contributed by atoms with Crippen molar-refractivity contribution in [2.24, 2.45) is 0 Å². The summed E-state index contributed by atoms with van der Waals surface area (Å²) in [5.41, 5.74) is 4.92. The number of aliphatic carboxylic acids is 1. The Labute approximate surface area is 220 Å². The topological polar surface area (TPSA) is 102 Å². The van der Waals surface area contributed by atoms with Crippen LogP contribution < -0.4 is 15.5 Å². The van der Waals surface area contributed by atoms with Crippen LogP contribution in [-0.4, -0.2) is 55.5 Å². The first kappa shape index (κ1) is 25.9. The molecule has 190 valence electrons. The number of carbonyl (C=O) groups excluding carboxylic acids is 2. The number of halogens is 1. The molecule has 3 N–H and O–H groups in total. The Morgan fingerprint density at radius 2 is 1.73 bits per heavy atom. The van der Waals surface area contributed by atoms with Gasteiger partial charge in [-0.1, -0.05) is 35.9 Å². The zero-order chi connectivity index (χ0) is 26.7. The smallest absolute Gasteiger partial charge is 0.307 e. The third-order valence-electron chi connectivity index (χ3n) is 5.90.